The first kappa shape index (κ1) is 15.7. The maximum atomic E-state index is 2.43. The minimum Gasteiger partial charge on any atom is -0.0616 e. The zero-order valence-electron chi connectivity index (χ0n) is 15.9. The number of rotatable bonds is 1. The predicted molar refractivity (Wildman–Crippen MR) is 120 cm³/mol. The van der Waals surface area contributed by atoms with Crippen LogP contribution in [0.3, 0.4) is 0 Å². The van der Waals surface area contributed by atoms with Gasteiger partial charge in [-0.25, -0.2) is 0 Å². The van der Waals surface area contributed by atoms with Crippen LogP contribution in [0.15, 0.2) is 91.0 Å². The molecule has 0 unspecified atom stereocenters. The Morgan fingerprint density at radius 2 is 1.25 bits per heavy atom. The van der Waals surface area contributed by atoms with Crippen LogP contribution in [-0.4, -0.2) is 0 Å². The molecule has 132 valence electrons. The molecule has 5 aromatic carbocycles. The molecule has 0 heteroatoms. The number of aryl methyl sites for hydroxylation is 1. The zero-order valence-corrected chi connectivity index (χ0v) is 15.9. The summed E-state index contributed by atoms with van der Waals surface area (Å²) in [5.74, 6) is 0. The molecule has 0 amide bonds. The molecule has 0 N–H and O–H groups in total. The van der Waals surface area contributed by atoms with Crippen LogP contribution in [0.25, 0.3) is 43.8 Å². The topological polar surface area (TPSA) is 0 Å². The van der Waals surface area contributed by atoms with Crippen LogP contribution in [0, 0.1) is 6.92 Å². The average Bonchev–Trinajstić information content (AvgIpc) is 3.13. The highest BCUT2D eigenvalue weighted by atomic mass is 14.3. The second-order valence-corrected chi connectivity index (χ2v) is 7.87. The van der Waals surface area contributed by atoms with Crippen LogP contribution in [0.5, 0.6) is 0 Å². The van der Waals surface area contributed by atoms with Crippen LogP contribution in [0.4, 0.5) is 0 Å². The zero-order chi connectivity index (χ0) is 18.7. The molecule has 0 radical (unpaired) electrons. The molecule has 0 fully saturated rings. The van der Waals surface area contributed by atoms with Crippen molar-refractivity contribution in [1.29, 1.82) is 0 Å². The van der Waals surface area contributed by atoms with Gasteiger partial charge in [0.15, 0.2) is 0 Å². The van der Waals surface area contributed by atoms with E-state index >= 15 is 0 Å². The Labute approximate surface area is 165 Å². The number of fused-ring (bicyclic) bond motifs is 7. The number of hydrogen-bond donors (Lipinski definition) is 0. The fourth-order valence-electron chi connectivity index (χ4n) is 4.80. The predicted octanol–water partition coefficient (Wildman–Crippen LogP) is 7.54. The van der Waals surface area contributed by atoms with Crippen molar-refractivity contribution in [1.82, 2.24) is 0 Å². The van der Waals surface area contributed by atoms with Gasteiger partial charge in [0.05, 0.1) is 0 Å². The average molecular weight is 356 g/mol. The van der Waals surface area contributed by atoms with E-state index in [1.807, 2.05) is 0 Å². The summed E-state index contributed by atoms with van der Waals surface area (Å²) in [7, 11) is 0. The fraction of sp³-hybridized carbons (Fsp3) is 0.0714. The standard InChI is InChI=1S/C28H20/c1-18-10-12-20(13-11-18)26-17-22-16-21-15-14-19-6-2-3-7-23(19)27(21)28(22)25-9-5-4-8-24(25)26/h2-15,17H,16H2,1H3. The first-order valence-corrected chi connectivity index (χ1v) is 9.92. The molecule has 0 bridgehead atoms. The lowest BCUT2D eigenvalue weighted by atomic mass is 9.89. The van der Waals surface area contributed by atoms with Crippen molar-refractivity contribution in [2.45, 2.75) is 13.3 Å². The molecule has 28 heavy (non-hydrogen) atoms. The summed E-state index contributed by atoms with van der Waals surface area (Å²) in [5.41, 5.74) is 9.68. The van der Waals surface area contributed by atoms with Gasteiger partial charge in [0, 0.05) is 0 Å². The Morgan fingerprint density at radius 3 is 2.07 bits per heavy atom. The summed E-state index contributed by atoms with van der Waals surface area (Å²) in [5, 5.41) is 5.39. The monoisotopic (exact) mass is 356 g/mol. The summed E-state index contributed by atoms with van der Waals surface area (Å²) >= 11 is 0. The SMILES string of the molecule is Cc1ccc(-c2cc3c(c4ccccc24)-c2c(ccc4ccccc24)C3)cc1. The van der Waals surface area contributed by atoms with Crippen LogP contribution in [0.2, 0.25) is 0 Å². The number of benzene rings is 5. The van der Waals surface area contributed by atoms with E-state index in [1.54, 1.807) is 0 Å². The van der Waals surface area contributed by atoms with E-state index in [4.69, 9.17) is 0 Å². The molecule has 0 nitrogen and oxygen atoms in total. The van der Waals surface area contributed by atoms with Gasteiger partial charge in [-0.3, -0.25) is 0 Å². The smallest absolute Gasteiger partial charge is 0.00128 e. The second-order valence-electron chi connectivity index (χ2n) is 7.87. The van der Waals surface area contributed by atoms with Gasteiger partial charge in [-0.2, -0.15) is 0 Å². The van der Waals surface area contributed by atoms with Gasteiger partial charge < -0.3 is 0 Å². The molecule has 1 aliphatic carbocycles. The normalized spacial score (nSPS) is 12.3. The summed E-state index contributed by atoms with van der Waals surface area (Å²) in [6, 6.07) is 33.6. The Bertz CT molecular complexity index is 1370. The highest BCUT2D eigenvalue weighted by molar-refractivity contribution is 6.13. The van der Waals surface area contributed by atoms with E-state index in [0.29, 0.717) is 0 Å². The van der Waals surface area contributed by atoms with Crippen LogP contribution < -0.4 is 0 Å². The van der Waals surface area contributed by atoms with Gasteiger partial charge in [0.2, 0.25) is 0 Å². The fourth-order valence-corrected chi connectivity index (χ4v) is 4.80. The maximum absolute atomic E-state index is 2.43. The molecular weight excluding hydrogens is 336 g/mol. The van der Waals surface area contributed by atoms with E-state index in [2.05, 4.69) is 97.9 Å². The molecule has 1 aliphatic rings. The minimum absolute atomic E-state index is 1.01. The summed E-state index contributed by atoms with van der Waals surface area (Å²) in [6.45, 7) is 2.15. The van der Waals surface area contributed by atoms with E-state index in [9.17, 15) is 0 Å². The second kappa shape index (κ2) is 5.81. The van der Waals surface area contributed by atoms with Crippen LogP contribution in [0.1, 0.15) is 16.7 Å². The first-order chi connectivity index (χ1) is 13.8. The molecule has 0 saturated heterocycles. The molecule has 0 atom stereocenters. The van der Waals surface area contributed by atoms with E-state index in [1.165, 1.54) is 60.5 Å². The third-order valence-corrected chi connectivity index (χ3v) is 6.14. The lowest BCUT2D eigenvalue weighted by molar-refractivity contribution is 1.27. The molecule has 0 saturated carbocycles. The molecule has 0 spiro atoms. The van der Waals surface area contributed by atoms with E-state index in [-0.39, 0.29) is 0 Å². The summed E-state index contributed by atoms with van der Waals surface area (Å²) in [4.78, 5) is 0. The van der Waals surface area contributed by atoms with Crippen molar-refractivity contribution in [2.24, 2.45) is 0 Å². The van der Waals surface area contributed by atoms with Crippen molar-refractivity contribution in [3.63, 3.8) is 0 Å². The lowest BCUT2D eigenvalue weighted by Crippen LogP contribution is -1.89. The quantitative estimate of drug-likeness (QED) is 0.285. The Hall–Kier alpha value is -3.38. The Balaban J connectivity index is 1.72. The molecule has 6 rings (SSSR count). The number of hydrogen-bond acceptors (Lipinski definition) is 0. The molecule has 5 aromatic rings. The van der Waals surface area contributed by atoms with Gasteiger partial charge in [-0.05, 0) is 74.3 Å². The molecule has 0 aliphatic heterocycles. The molecular formula is C28H20. The largest absolute Gasteiger partial charge is 0.0616 e. The van der Waals surface area contributed by atoms with E-state index < -0.39 is 0 Å². The van der Waals surface area contributed by atoms with Gasteiger partial charge in [-0.1, -0.05) is 90.5 Å². The van der Waals surface area contributed by atoms with Crippen molar-refractivity contribution in [3.05, 3.63) is 108 Å². The first-order valence-electron chi connectivity index (χ1n) is 9.92. The van der Waals surface area contributed by atoms with Crippen molar-refractivity contribution < 1.29 is 0 Å². The Kier molecular flexibility index (Phi) is 3.25. The van der Waals surface area contributed by atoms with Crippen molar-refractivity contribution in [2.75, 3.05) is 0 Å². The third kappa shape index (κ3) is 2.18. The lowest BCUT2D eigenvalue weighted by Gasteiger charge is -2.14. The Morgan fingerprint density at radius 1 is 0.571 bits per heavy atom. The van der Waals surface area contributed by atoms with Crippen LogP contribution in [-0.2, 0) is 6.42 Å². The van der Waals surface area contributed by atoms with Gasteiger partial charge >= 0.3 is 0 Å². The van der Waals surface area contributed by atoms with Gasteiger partial charge in [0.1, 0.15) is 0 Å². The highest BCUT2D eigenvalue weighted by Crippen LogP contribution is 2.47. The van der Waals surface area contributed by atoms with Crippen molar-refractivity contribution >= 4 is 21.5 Å². The third-order valence-electron chi connectivity index (χ3n) is 6.14. The van der Waals surface area contributed by atoms with E-state index in [0.717, 1.165) is 6.42 Å². The highest BCUT2D eigenvalue weighted by Gasteiger charge is 2.24. The summed E-state index contributed by atoms with van der Waals surface area (Å²) < 4.78 is 0. The van der Waals surface area contributed by atoms with Crippen molar-refractivity contribution in [3.8, 4) is 22.3 Å². The summed E-state index contributed by atoms with van der Waals surface area (Å²) in [6.07, 6.45) is 1.01. The minimum atomic E-state index is 1.01. The van der Waals surface area contributed by atoms with Gasteiger partial charge in [0.25, 0.3) is 0 Å². The maximum Gasteiger partial charge on any atom is -0.00128 e. The van der Waals surface area contributed by atoms with Crippen LogP contribution >= 0.6 is 0 Å². The molecule has 0 aromatic heterocycles. The molecule has 0 heterocycles. The van der Waals surface area contributed by atoms with Gasteiger partial charge in [-0.15, -0.1) is 0 Å².